The van der Waals surface area contributed by atoms with E-state index in [1.807, 2.05) is 78.1 Å². The monoisotopic (exact) mass is 518 g/mol. The van der Waals surface area contributed by atoms with Gasteiger partial charge in [-0.15, -0.1) is 23.5 Å². The van der Waals surface area contributed by atoms with Gasteiger partial charge in [0.15, 0.2) is 0 Å². The Morgan fingerprint density at radius 1 is 1.00 bits per heavy atom. The number of ether oxygens (including phenoxy) is 3. The van der Waals surface area contributed by atoms with Crippen molar-refractivity contribution >= 4 is 23.5 Å². The number of thioether (sulfide) groups is 2. The van der Waals surface area contributed by atoms with Crippen LogP contribution in [-0.2, 0) is 22.7 Å². The van der Waals surface area contributed by atoms with Crippen molar-refractivity contribution in [3.8, 4) is 5.75 Å². The second-order valence-corrected chi connectivity index (χ2v) is 11.8. The van der Waals surface area contributed by atoms with Crippen LogP contribution in [0.25, 0.3) is 0 Å². The molecule has 3 rings (SSSR count). The lowest BCUT2D eigenvalue weighted by atomic mass is 9.98. The van der Waals surface area contributed by atoms with Gasteiger partial charge in [-0.2, -0.15) is 0 Å². The minimum absolute atomic E-state index is 0.0270. The van der Waals surface area contributed by atoms with E-state index in [-0.39, 0.29) is 16.6 Å². The molecule has 1 saturated heterocycles. The van der Waals surface area contributed by atoms with Crippen molar-refractivity contribution in [2.75, 3.05) is 31.8 Å². The van der Waals surface area contributed by atoms with Crippen LogP contribution in [0.5, 0.6) is 5.75 Å². The fourth-order valence-corrected chi connectivity index (χ4v) is 7.60. The van der Waals surface area contributed by atoms with E-state index in [1.165, 1.54) is 6.42 Å². The Kier molecular flexibility index (Phi) is 12.0. The number of rotatable bonds is 14. The Morgan fingerprint density at radius 2 is 1.69 bits per heavy atom. The van der Waals surface area contributed by atoms with E-state index in [0.29, 0.717) is 26.2 Å². The van der Waals surface area contributed by atoms with Crippen molar-refractivity contribution in [1.82, 2.24) is 0 Å². The molecule has 0 saturated carbocycles. The van der Waals surface area contributed by atoms with Gasteiger partial charge in [0.1, 0.15) is 11.9 Å². The quantitative estimate of drug-likeness (QED) is 0.329. The van der Waals surface area contributed by atoms with Crippen molar-refractivity contribution in [3.63, 3.8) is 0 Å². The molecular formula is C28H38O5S2. The molecule has 3 atom stereocenters. The molecule has 7 heteroatoms. The predicted molar refractivity (Wildman–Crippen MR) is 146 cm³/mol. The molecule has 0 aromatic heterocycles. The maximum absolute atomic E-state index is 11.4. The zero-order chi connectivity index (χ0) is 24.9. The molecule has 1 fully saturated rings. The number of allylic oxidation sites excluding steroid dienone is 1. The summed E-state index contributed by atoms with van der Waals surface area (Å²) in [4.78, 5) is 0. The van der Waals surface area contributed by atoms with Gasteiger partial charge in [-0.05, 0) is 47.1 Å². The van der Waals surface area contributed by atoms with Gasteiger partial charge >= 0.3 is 0 Å². The van der Waals surface area contributed by atoms with Crippen LogP contribution in [0.2, 0.25) is 0 Å². The highest BCUT2D eigenvalue weighted by atomic mass is 32.2. The summed E-state index contributed by atoms with van der Waals surface area (Å²) in [7, 11) is 1.65. The van der Waals surface area contributed by atoms with E-state index in [1.54, 1.807) is 13.2 Å². The van der Waals surface area contributed by atoms with Gasteiger partial charge in [-0.3, -0.25) is 0 Å². The molecule has 35 heavy (non-hydrogen) atoms. The average molecular weight is 519 g/mol. The molecular weight excluding hydrogens is 480 g/mol. The Balaban J connectivity index is 1.69. The minimum atomic E-state index is -0.688. The van der Waals surface area contributed by atoms with Gasteiger partial charge < -0.3 is 24.4 Å². The Hall–Kier alpha value is -1.48. The minimum Gasteiger partial charge on any atom is -0.497 e. The van der Waals surface area contributed by atoms with Crippen LogP contribution in [0.1, 0.15) is 30.9 Å². The fourth-order valence-electron chi connectivity index (χ4n) is 4.05. The molecule has 0 radical (unpaired) electrons. The van der Waals surface area contributed by atoms with Gasteiger partial charge in [0.05, 0.1) is 43.7 Å². The Labute approximate surface area is 218 Å². The summed E-state index contributed by atoms with van der Waals surface area (Å²) in [6.07, 6.45) is 4.47. The maximum atomic E-state index is 11.4. The van der Waals surface area contributed by atoms with Crippen molar-refractivity contribution in [3.05, 3.63) is 77.9 Å². The second kappa shape index (κ2) is 14.9. The van der Waals surface area contributed by atoms with Gasteiger partial charge in [0, 0.05) is 6.42 Å². The topological polar surface area (TPSA) is 68.2 Å². The number of aliphatic hydroxyl groups excluding tert-OH is 2. The van der Waals surface area contributed by atoms with Crippen molar-refractivity contribution in [2.24, 2.45) is 5.92 Å². The standard InChI is InChI=1S/C28H38O5S2/c1-22(8-6-15-29)28(34-16-7-17-35-28)18-26(30)27(21-32-19-23-9-4-3-5-10-23)33-20-24-11-13-25(31-2)14-12-24/h3-6,8-14,22,26-27,29-30H,7,15-21H2,1-2H3/b8-6-/t22-,26+,27-/m1/s1. The average Bonchev–Trinajstić information content (AvgIpc) is 2.90. The lowest BCUT2D eigenvalue weighted by Gasteiger charge is -2.42. The van der Waals surface area contributed by atoms with Gasteiger partial charge in [-0.25, -0.2) is 0 Å². The first-order valence-corrected chi connectivity index (χ1v) is 14.1. The molecule has 0 aliphatic carbocycles. The maximum Gasteiger partial charge on any atom is 0.118 e. The molecule has 0 spiro atoms. The molecule has 0 amide bonds. The molecule has 0 unspecified atom stereocenters. The first-order chi connectivity index (χ1) is 17.1. The molecule has 2 N–H and O–H groups in total. The number of benzene rings is 2. The van der Waals surface area contributed by atoms with Crippen molar-refractivity contribution in [2.45, 2.75) is 49.3 Å². The fraction of sp³-hybridized carbons (Fsp3) is 0.500. The third-order valence-corrected chi connectivity index (χ3v) is 9.89. The molecule has 1 aliphatic rings. The molecule has 1 heterocycles. The summed E-state index contributed by atoms with van der Waals surface area (Å²) in [5.74, 6) is 3.14. The predicted octanol–water partition coefficient (Wildman–Crippen LogP) is 5.30. The zero-order valence-corrected chi connectivity index (χ0v) is 22.3. The largest absolute Gasteiger partial charge is 0.497 e. The van der Waals surface area contributed by atoms with E-state index in [2.05, 4.69) is 13.0 Å². The van der Waals surface area contributed by atoms with Crippen molar-refractivity contribution in [1.29, 1.82) is 0 Å². The van der Waals surface area contributed by atoms with E-state index < -0.39 is 12.2 Å². The van der Waals surface area contributed by atoms with Crippen LogP contribution < -0.4 is 4.74 Å². The first kappa shape index (κ1) is 28.1. The normalized spacial score (nSPS) is 18.3. The highest BCUT2D eigenvalue weighted by Gasteiger charge is 2.41. The van der Waals surface area contributed by atoms with Crippen LogP contribution in [0, 0.1) is 5.92 Å². The second-order valence-electron chi connectivity index (χ2n) is 8.73. The molecule has 1 aliphatic heterocycles. The number of aliphatic hydroxyl groups is 2. The summed E-state index contributed by atoms with van der Waals surface area (Å²) in [6.45, 7) is 3.36. The molecule has 0 bridgehead atoms. The Bertz CT molecular complexity index is 869. The lowest BCUT2D eigenvalue weighted by Crippen LogP contribution is -2.42. The number of hydrogen-bond donors (Lipinski definition) is 2. The van der Waals surface area contributed by atoms with E-state index in [4.69, 9.17) is 14.2 Å². The summed E-state index contributed by atoms with van der Waals surface area (Å²) < 4.78 is 17.4. The third-order valence-electron chi connectivity index (χ3n) is 6.14. The van der Waals surface area contributed by atoms with Gasteiger partial charge in [0.2, 0.25) is 0 Å². The highest BCUT2D eigenvalue weighted by molar-refractivity contribution is 8.18. The van der Waals surface area contributed by atoms with Crippen molar-refractivity contribution < 1.29 is 24.4 Å². The van der Waals surface area contributed by atoms with Crippen LogP contribution in [0.3, 0.4) is 0 Å². The van der Waals surface area contributed by atoms with Crippen LogP contribution in [0.4, 0.5) is 0 Å². The number of methoxy groups -OCH3 is 1. The van der Waals surface area contributed by atoms with E-state index >= 15 is 0 Å². The third kappa shape index (κ3) is 8.85. The summed E-state index contributed by atoms with van der Waals surface area (Å²) in [5, 5.41) is 20.7. The van der Waals surface area contributed by atoms with Gasteiger partial charge in [-0.1, -0.05) is 61.5 Å². The molecule has 2 aromatic carbocycles. The molecule has 2 aromatic rings. The molecule has 192 valence electrons. The summed E-state index contributed by atoms with van der Waals surface area (Å²) >= 11 is 3.83. The molecule has 5 nitrogen and oxygen atoms in total. The van der Waals surface area contributed by atoms with Crippen LogP contribution in [-0.4, -0.2) is 58.3 Å². The highest BCUT2D eigenvalue weighted by Crippen LogP contribution is 2.51. The van der Waals surface area contributed by atoms with Crippen LogP contribution >= 0.6 is 23.5 Å². The lowest BCUT2D eigenvalue weighted by molar-refractivity contribution is -0.0922. The van der Waals surface area contributed by atoms with Crippen LogP contribution in [0.15, 0.2) is 66.7 Å². The van der Waals surface area contributed by atoms with E-state index in [0.717, 1.165) is 28.4 Å². The first-order valence-electron chi connectivity index (χ1n) is 12.2. The Morgan fingerprint density at radius 3 is 2.34 bits per heavy atom. The smallest absolute Gasteiger partial charge is 0.118 e. The summed E-state index contributed by atoms with van der Waals surface area (Å²) in [6, 6.07) is 17.8. The summed E-state index contributed by atoms with van der Waals surface area (Å²) in [5.41, 5.74) is 2.11. The van der Waals surface area contributed by atoms with Gasteiger partial charge in [0.25, 0.3) is 0 Å². The zero-order valence-electron chi connectivity index (χ0n) is 20.7. The number of hydrogen-bond acceptors (Lipinski definition) is 7. The SMILES string of the molecule is COc1ccc(CO[C@H](COCc2ccccc2)[C@@H](O)CC2([C@H](C)/C=C\CO)SCCCS2)cc1. The van der Waals surface area contributed by atoms with E-state index in [9.17, 15) is 10.2 Å².